The number of aryl methyl sites for hydroxylation is 1. The van der Waals surface area contributed by atoms with Gasteiger partial charge in [0.25, 0.3) is 0 Å². The van der Waals surface area contributed by atoms with E-state index in [1.807, 2.05) is 0 Å². The summed E-state index contributed by atoms with van der Waals surface area (Å²) < 4.78 is 5.22. The SMILES string of the molecule is COc1ncc(Cl)cc1CCC(C)(O)c1ccc(Cl)c(Cl)c1. The zero-order valence-electron chi connectivity index (χ0n) is 12.2. The summed E-state index contributed by atoms with van der Waals surface area (Å²) in [5.41, 5.74) is 0.493. The molecule has 0 aliphatic heterocycles. The van der Waals surface area contributed by atoms with Gasteiger partial charge in [0.05, 0.1) is 27.8 Å². The van der Waals surface area contributed by atoms with Crippen LogP contribution in [-0.4, -0.2) is 17.2 Å². The molecule has 0 amide bonds. The van der Waals surface area contributed by atoms with Crippen molar-refractivity contribution in [2.75, 3.05) is 7.11 Å². The molecule has 1 aromatic heterocycles. The number of pyridine rings is 1. The summed E-state index contributed by atoms with van der Waals surface area (Å²) in [4.78, 5) is 4.12. The van der Waals surface area contributed by atoms with E-state index in [1.54, 1.807) is 38.3 Å². The molecule has 118 valence electrons. The molecule has 0 aliphatic carbocycles. The molecule has 2 aromatic rings. The predicted molar refractivity (Wildman–Crippen MR) is 90.2 cm³/mol. The molecular weight excluding hydrogens is 345 g/mol. The van der Waals surface area contributed by atoms with Crippen LogP contribution < -0.4 is 4.74 Å². The maximum atomic E-state index is 10.7. The number of aromatic nitrogens is 1. The molecular formula is C16H16Cl3NO2. The molecule has 1 atom stereocenters. The van der Waals surface area contributed by atoms with Crippen molar-refractivity contribution in [3.63, 3.8) is 0 Å². The van der Waals surface area contributed by atoms with E-state index in [1.165, 1.54) is 6.20 Å². The highest BCUT2D eigenvalue weighted by Gasteiger charge is 2.24. The fourth-order valence-electron chi connectivity index (χ4n) is 2.19. The van der Waals surface area contributed by atoms with Gasteiger partial charge < -0.3 is 9.84 Å². The second kappa shape index (κ2) is 7.05. The van der Waals surface area contributed by atoms with Gasteiger partial charge in [-0.1, -0.05) is 40.9 Å². The summed E-state index contributed by atoms with van der Waals surface area (Å²) in [7, 11) is 1.55. The summed E-state index contributed by atoms with van der Waals surface area (Å²) >= 11 is 17.9. The smallest absolute Gasteiger partial charge is 0.216 e. The van der Waals surface area contributed by atoms with Crippen molar-refractivity contribution in [3.05, 3.63) is 56.7 Å². The topological polar surface area (TPSA) is 42.4 Å². The third kappa shape index (κ3) is 4.05. The highest BCUT2D eigenvalue weighted by molar-refractivity contribution is 6.42. The summed E-state index contributed by atoms with van der Waals surface area (Å²) in [5.74, 6) is 0.509. The molecule has 0 aliphatic rings. The van der Waals surface area contributed by atoms with Crippen LogP contribution in [0.2, 0.25) is 15.1 Å². The molecule has 6 heteroatoms. The van der Waals surface area contributed by atoms with Crippen LogP contribution in [0.4, 0.5) is 0 Å². The molecule has 2 rings (SSSR count). The Morgan fingerprint density at radius 1 is 1.18 bits per heavy atom. The van der Waals surface area contributed by atoms with Crippen molar-refractivity contribution in [2.45, 2.75) is 25.4 Å². The molecule has 1 unspecified atom stereocenters. The maximum absolute atomic E-state index is 10.7. The van der Waals surface area contributed by atoms with E-state index in [-0.39, 0.29) is 0 Å². The first-order valence-electron chi connectivity index (χ1n) is 6.70. The Kier molecular flexibility index (Phi) is 5.56. The van der Waals surface area contributed by atoms with Crippen LogP contribution in [0.3, 0.4) is 0 Å². The van der Waals surface area contributed by atoms with Gasteiger partial charge in [-0.2, -0.15) is 0 Å². The Labute approximate surface area is 144 Å². The van der Waals surface area contributed by atoms with E-state index in [2.05, 4.69) is 4.98 Å². The van der Waals surface area contributed by atoms with Crippen LogP contribution in [0, 0.1) is 0 Å². The monoisotopic (exact) mass is 359 g/mol. The second-order valence-corrected chi connectivity index (χ2v) is 6.48. The number of nitrogens with zero attached hydrogens (tertiary/aromatic N) is 1. The van der Waals surface area contributed by atoms with Gasteiger partial charge in [-0.3, -0.25) is 0 Å². The molecule has 22 heavy (non-hydrogen) atoms. The fourth-order valence-corrected chi connectivity index (χ4v) is 2.66. The lowest BCUT2D eigenvalue weighted by atomic mass is 9.89. The molecule has 0 fully saturated rings. The standard InChI is InChI=1S/C16H16Cl3NO2/c1-16(21,11-3-4-13(18)14(19)8-11)6-5-10-7-12(17)9-20-15(10)22-2/h3-4,7-9,21H,5-6H2,1-2H3. The fraction of sp³-hybridized carbons (Fsp3) is 0.312. The first-order valence-corrected chi connectivity index (χ1v) is 7.83. The number of rotatable bonds is 5. The van der Waals surface area contributed by atoms with Gasteiger partial charge in [-0.15, -0.1) is 0 Å². The molecule has 0 radical (unpaired) electrons. The Bertz CT molecular complexity index is 674. The first kappa shape index (κ1) is 17.4. The minimum atomic E-state index is -1.05. The Hall–Kier alpha value is -1.000. The molecule has 0 saturated carbocycles. The number of halogens is 3. The Balaban J connectivity index is 2.19. The Morgan fingerprint density at radius 2 is 1.91 bits per heavy atom. The van der Waals surface area contributed by atoms with Crippen molar-refractivity contribution >= 4 is 34.8 Å². The minimum absolute atomic E-state index is 0.418. The lowest BCUT2D eigenvalue weighted by Gasteiger charge is -2.24. The minimum Gasteiger partial charge on any atom is -0.481 e. The predicted octanol–water partition coefficient (Wildman–Crippen LogP) is 4.89. The molecule has 0 spiro atoms. The molecule has 1 heterocycles. The average molecular weight is 361 g/mol. The van der Waals surface area contributed by atoms with Gasteiger partial charge in [0, 0.05) is 11.8 Å². The van der Waals surface area contributed by atoms with Gasteiger partial charge in [0.15, 0.2) is 0 Å². The maximum Gasteiger partial charge on any atom is 0.216 e. The highest BCUT2D eigenvalue weighted by atomic mass is 35.5. The van der Waals surface area contributed by atoms with E-state index in [0.717, 1.165) is 5.56 Å². The van der Waals surface area contributed by atoms with Crippen LogP contribution in [0.5, 0.6) is 5.88 Å². The van der Waals surface area contributed by atoms with Crippen LogP contribution in [0.25, 0.3) is 0 Å². The lowest BCUT2D eigenvalue weighted by Crippen LogP contribution is -2.22. The first-order chi connectivity index (χ1) is 10.3. The third-order valence-corrected chi connectivity index (χ3v) is 4.45. The number of hydrogen-bond donors (Lipinski definition) is 1. The van der Waals surface area contributed by atoms with Gasteiger partial charge in [0.2, 0.25) is 5.88 Å². The summed E-state index contributed by atoms with van der Waals surface area (Å²) in [6.45, 7) is 1.73. The number of hydrogen-bond acceptors (Lipinski definition) is 3. The van der Waals surface area contributed by atoms with Crippen LogP contribution in [0.1, 0.15) is 24.5 Å². The van der Waals surface area contributed by atoms with E-state index >= 15 is 0 Å². The van der Waals surface area contributed by atoms with Gasteiger partial charge in [0.1, 0.15) is 0 Å². The van der Waals surface area contributed by atoms with E-state index in [4.69, 9.17) is 39.5 Å². The van der Waals surface area contributed by atoms with E-state index in [0.29, 0.717) is 39.4 Å². The quantitative estimate of drug-likeness (QED) is 0.825. The van der Waals surface area contributed by atoms with Crippen molar-refractivity contribution < 1.29 is 9.84 Å². The molecule has 3 nitrogen and oxygen atoms in total. The molecule has 1 aromatic carbocycles. The van der Waals surface area contributed by atoms with Crippen LogP contribution in [0.15, 0.2) is 30.5 Å². The molecule has 1 N–H and O–H groups in total. The van der Waals surface area contributed by atoms with Crippen LogP contribution in [-0.2, 0) is 12.0 Å². The van der Waals surface area contributed by atoms with Crippen LogP contribution >= 0.6 is 34.8 Å². The molecule has 0 bridgehead atoms. The largest absolute Gasteiger partial charge is 0.481 e. The zero-order chi connectivity index (χ0) is 16.3. The van der Waals surface area contributed by atoms with Gasteiger partial charge in [-0.25, -0.2) is 4.98 Å². The highest BCUT2D eigenvalue weighted by Crippen LogP contribution is 2.32. The zero-order valence-corrected chi connectivity index (χ0v) is 14.5. The third-order valence-electron chi connectivity index (χ3n) is 3.51. The van der Waals surface area contributed by atoms with Gasteiger partial charge in [-0.05, 0) is 43.5 Å². The number of ether oxygens (including phenoxy) is 1. The average Bonchev–Trinajstić information content (AvgIpc) is 2.48. The Morgan fingerprint density at radius 3 is 2.55 bits per heavy atom. The second-order valence-electron chi connectivity index (χ2n) is 5.22. The summed E-state index contributed by atoms with van der Waals surface area (Å²) in [5, 5.41) is 12.1. The van der Waals surface area contributed by atoms with Crippen molar-refractivity contribution in [2.24, 2.45) is 0 Å². The number of aliphatic hydroxyl groups is 1. The van der Waals surface area contributed by atoms with Gasteiger partial charge >= 0.3 is 0 Å². The van der Waals surface area contributed by atoms with Crippen molar-refractivity contribution in [1.82, 2.24) is 4.98 Å². The summed E-state index contributed by atoms with van der Waals surface area (Å²) in [6, 6.07) is 6.91. The summed E-state index contributed by atoms with van der Waals surface area (Å²) in [6.07, 6.45) is 2.55. The number of methoxy groups -OCH3 is 1. The number of benzene rings is 1. The van der Waals surface area contributed by atoms with E-state index < -0.39 is 5.60 Å². The van der Waals surface area contributed by atoms with Crippen molar-refractivity contribution in [3.8, 4) is 5.88 Å². The molecule has 0 saturated heterocycles. The van der Waals surface area contributed by atoms with Crippen molar-refractivity contribution in [1.29, 1.82) is 0 Å². The van der Waals surface area contributed by atoms with E-state index in [9.17, 15) is 5.11 Å². The normalized spacial score (nSPS) is 13.7. The lowest BCUT2D eigenvalue weighted by molar-refractivity contribution is 0.0479.